The molecule has 0 radical (unpaired) electrons. The lowest BCUT2D eigenvalue weighted by atomic mass is 10.3. The van der Waals surface area contributed by atoms with Gasteiger partial charge >= 0.3 is 0 Å². The van der Waals surface area contributed by atoms with Gasteiger partial charge in [0.05, 0.1) is 14.2 Å². The molecule has 1 aromatic carbocycles. The van der Waals surface area contributed by atoms with Gasteiger partial charge in [0, 0.05) is 17.6 Å². The van der Waals surface area contributed by atoms with E-state index in [9.17, 15) is 13.0 Å². The van der Waals surface area contributed by atoms with Crippen molar-refractivity contribution in [2.75, 3.05) is 11.5 Å². The van der Waals surface area contributed by atoms with Gasteiger partial charge in [0.2, 0.25) is 0 Å². The predicted octanol–water partition coefficient (Wildman–Crippen LogP) is 3.23. The van der Waals surface area contributed by atoms with Crippen LogP contribution < -0.4 is 0 Å². The van der Waals surface area contributed by atoms with Gasteiger partial charge in [0.25, 0.3) is 0 Å². The lowest BCUT2D eigenvalue weighted by Gasteiger charge is -2.17. The highest BCUT2D eigenvalue weighted by molar-refractivity contribution is 9.10. The Balaban J connectivity index is 2.50. The second-order valence-corrected chi connectivity index (χ2v) is 6.74. The van der Waals surface area contributed by atoms with Crippen molar-refractivity contribution < 1.29 is 13.0 Å². The van der Waals surface area contributed by atoms with Crippen molar-refractivity contribution in [3.63, 3.8) is 0 Å². The summed E-state index contributed by atoms with van der Waals surface area (Å²) < 4.78 is 41.9. The molecule has 0 atom stereocenters. The molecule has 1 aromatic rings. The Hall–Kier alpha value is -0.490. The molecular formula is C9H8BrF2NOS. The zero-order valence-corrected chi connectivity index (χ0v) is 10.1. The first-order chi connectivity index (χ1) is 7.00. The molecule has 1 aliphatic rings. The standard InChI is InChI=1S/C9H8BrF2NOS/c10-6-4-8(12)9(5-7(6)11)13-15(14)2-1-3-15/h4-5H,1-3H2. The number of nitrogens with zero attached hydrogens (tertiary/aromatic N) is 1. The van der Waals surface area contributed by atoms with E-state index in [-0.39, 0.29) is 10.2 Å². The maximum atomic E-state index is 13.3. The van der Waals surface area contributed by atoms with Crippen LogP contribution in [0.25, 0.3) is 0 Å². The van der Waals surface area contributed by atoms with E-state index in [1.807, 2.05) is 0 Å². The van der Waals surface area contributed by atoms with Crippen molar-refractivity contribution in [3.05, 3.63) is 28.2 Å². The summed E-state index contributed by atoms with van der Waals surface area (Å²) in [5, 5.41) is 0. The molecule has 0 N–H and O–H groups in total. The molecule has 1 aliphatic heterocycles. The number of hydrogen-bond acceptors (Lipinski definition) is 2. The van der Waals surface area contributed by atoms with Gasteiger partial charge in [-0.05, 0) is 28.4 Å². The van der Waals surface area contributed by atoms with Crippen LogP contribution in [0.3, 0.4) is 0 Å². The van der Waals surface area contributed by atoms with E-state index in [0.717, 1.165) is 18.6 Å². The molecule has 1 saturated heterocycles. The Morgan fingerprint density at radius 3 is 2.47 bits per heavy atom. The Morgan fingerprint density at radius 1 is 1.27 bits per heavy atom. The quantitative estimate of drug-likeness (QED) is 0.732. The van der Waals surface area contributed by atoms with E-state index < -0.39 is 21.4 Å². The maximum absolute atomic E-state index is 13.3. The first-order valence-electron chi connectivity index (χ1n) is 4.37. The third-order valence-corrected chi connectivity index (χ3v) is 5.17. The van der Waals surface area contributed by atoms with Crippen molar-refractivity contribution in [1.29, 1.82) is 0 Å². The van der Waals surface area contributed by atoms with Gasteiger partial charge in [-0.15, -0.1) is 0 Å². The number of benzene rings is 1. The highest BCUT2D eigenvalue weighted by atomic mass is 79.9. The van der Waals surface area contributed by atoms with Gasteiger partial charge < -0.3 is 0 Å². The number of halogens is 3. The Morgan fingerprint density at radius 2 is 1.93 bits per heavy atom. The van der Waals surface area contributed by atoms with Crippen molar-refractivity contribution >= 4 is 31.3 Å². The lowest BCUT2D eigenvalue weighted by Crippen LogP contribution is -2.23. The van der Waals surface area contributed by atoms with Crippen LogP contribution in [0.15, 0.2) is 21.0 Å². The smallest absolute Gasteiger partial charge is 0.150 e. The van der Waals surface area contributed by atoms with Crippen LogP contribution in [-0.4, -0.2) is 15.7 Å². The molecule has 1 heterocycles. The van der Waals surface area contributed by atoms with Crippen LogP contribution in [0.4, 0.5) is 14.5 Å². The molecule has 0 saturated carbocycles. The average molecular weight is 296 g/mol. The summed E-state index contributed by atoms with van der Waals surface area (Å²) in [4.78, 5) is 0. The summed E-state index contributed by atoms with van der Waals surface area (Å²) in [6.07, 6.45) is 0.836. The minimum Gasteiger partial charge on any atom is -0.249 e. The molecular weight excluding hydrogens is 288 g/mol. The number of hydrogen-bond donors (Lipinski definition) is 0. The van der Waals surface area contributed by atoms with Gasteiger partial charge in [0.1, 0.15) is 11.5 Å². The monoisotopic (exact) mass is 295 g/mol. The third-order valence-electron chi connectivity index (χ3n) is 2.18. The Kier molecular flexibility index (Phi) is 2.81. The molecule has 2 rings (SSSR count). The van der Waals surface area contributed by atoms with Crippen LogP contribution in [0.5, 0.6) is 0 Å². The van der Waals surface area contributed by atoms with Crippen LogP contribution in [-0.2, 0) is 9.73 Å². The van der Waals surface area contributed by atoms with Gasteiger partial charge in [-0.2, -0.15) is 4.36 Å². The van der Waals surface area contributed by atoms with Gasteiger partial charge in [-0.1, -0.05) is 0 Å². The zero-order valence-electron chi connectivity index (χ0n) is 7.67. The summed E-state index contributed by atoms with van der Waals surface area (Å²) in [6.45, 7) is 0. The first kappa shape index (κ1) is 11.0. The first-order valence-corrected chi connectivity index (χ1v) is 7.02. The molecule has 0 aliphatic carbocycles. The summed E-state index contributed by atoms with van der Waals surface area (Å²) in [5.41, 5.74) is -0.152. The third kappa shape index (κ3) is 2.20. The van der Waals surface area contributed by atoms with E-state index in [4.69, 9.17) is 0 Å². The van der Waals surface area contributed by atoms with Gasteiger partial charge in [-0.3, -0.25) is 0 Å². The number of rotatable bonds is 1. The Labute approximate surface area is 95.0 Å². The van der Waals surface area contributed by atoms with E-state index in [2.05, 4.69) is 20.3 Å². The van der Waals surface area contributed by atoms with Crippen molar-refractivity contribution in [3.8, 4) is 0 Å². The van der Waals surface area contributed by atoms with Crippen LogP contribution >= 0.6 is 15.9 Å². The fraction of sp³-hybridized carbons (Fsp3) is 0.333. The molecule has 82 valence electrons. The van der Waals surface area contributed by atoms with E-state index in [0.29, 0.717) is 11.5 Å². The summed E-state index contributed by atoms with van der Waals surface area (Å²) >= 11 is 2.86. The fourth-order valence-corrected chi connectivity index (χ4v) is 3.02. The molecule has 0 spiro atoms. The minimum atomic E-state index is -2.29. The van der Waals surface area contributed by atoms with E-state index in [1.54, 1.807) is 0 Å². The van der Waals surface area contributed by atoms with Crippen LogP contribution in [0.2, 0.25) is 0 Å². The molecule has 0 bridgehead atoms. The van der Waals surface area contributed by atoms with Crippen molar-refractivity contribution in [2.45, 2.75) is 6.42 Å². The van der Waals surface area contributed by atoms with E-state index >= 15 is 0 Å². The van der Waals surface area contributed by atoms with Gasteiger partial charge in [0.15, 0.2) is 5.82 Å². The molecule has 0 unspecified atom stereocenters. The summed E-state index contributed by atoms with van der Waals surface area (Å²) in [5.74, 6) is -0.302. The molecule has 15 heavy (non-hydrogen) atoms. The zero-order chi connectivity index (χ0) is 11.1. The van der Waals surface area contributed by atoms with E-state index in [1.165, 1.54) is 0 Å². The highest BCUT2D eigenvalue weighted by Crippen LogP contribution is 2.28. The summed E-state index contributed by atoms with van der Waals surface area (Å²) in [6, 6.07) is 1.96. The second-order valence-electron chi connectivity index (χ2n) is 3.34. The largest absolute Gasteiger partial charge is 0.249 e. The van der Waals surface area contributed by atoms with Crippen LogP contribution in [0, 0.1) is 11.6 Å². The lowest BCUT2D eigenvalue weighted by molar-refractivity contribution is 0.596. The Bertz CT molecular complexity index is 513. The maximum Gasteiger partial charge on any atom is 0.150 e. The second kappa shape index (κ2) is 3.83. The van der Waals surface area contributed by atoms with Gasteiger partial charge in [-0.25, -0.2) is 13.0 Å². The average Bonchev–Trinajstić information content (AvgIpc) is 2.11. The fourth-order valence-electron chi connectivity index (χ4n) is 1.24. The highest BCUT2D eigenvalue weighted by Gasteiger charge is 2.20. The minimum absolute atomic E-state index is 0.0440. The van der Waals surface area contributed by atoms with Crippen molar-refractivity contribution in [2.24, 2.45) is 4.36 Å². The molecule has 6 heteroatoms. The topological polar surface area (TPSA) is 29.4 Å². The SMILES string of the molecule is O=S1(=Nc2cc(F)c(Br)cc2F)CCC1. The molecule has 0 amide bonds. The normalized spacial score (nSPS) is 18.3. The summed E-state index contributed by atoms with van der Waals surface area (Å²) in [7, 11) is -2.29. The van der Waals surface area contributed by atoms with Crippen molar-refractivity contribution in [1.82, 2.24) is 0 Å². The van der Waals surface area contributed by atoms with Crippen LogP contribution in [0.1, 0.15) is 6.42 Å². The molecule has 0 aromatic heterocycles. The predicted molar refractivity (Wildman–Crippen MR) is 58.6 cm³/mol. The molecule has 2 nitrogen and oxygen atoms in total. The molecule has 1 fully saturated rings.